The molecule has 8 heteroatoms. The molecule has 1 aromatic heterocycles. The first-order valence-corrected chi connectivity index (χ1v) is 11.4. The lowest BCUT2D eigenvalue weighted by molar-refractivity contribution is -0.146. The Morgan fingerprint density at radius 2 is 1.79 bits per heavy atom. The molecule has 2 aromatic carbocycles. The van der Waals surface area contributed by atoms with Crippen molar-refractivity contribution in [2.24, 2.45) is 10.9 Å². The van der Waals surface area contributed by atoms with E-state index in [-0.39, 0.29) is 12.6 Å². The molecule has 0 saturated heterocycles. The van der Waals surface area contributed by atoms with Gasteiger partial charge in [-0.15, -0.1) is 0 Å². The molecule has 2 atom stereocenters. The van der Waals surface area contributed by atoms with Crippen molar-refractivity contribution in [3.63, 3.8) is 0 Å². The van der Waals surface area contributed by atoms with Crippen LogP contribution < -0.4 is 5.32 Å². The summed E-state index contributed by atoms with van der Waals surface area (Å²) in [5.41, 5.74) is 2.73. The summed E-state index contributed by atoms with van der Waals surface area (Å²) in [4.78, 5) is 30.9. The average Bonchev–Trinajstić information content (AvgIpc) is 3.23. The molecule has 170 valence electrons. The standard InChI is InChI=1S/C25H25ClN4O3/c1-3-10-20-22(24(31)33-4-2)21(17-13-8-9-14-19(17)26)18-15-27-30(23(18)29-20)25(32)28-16-11-6-5-7-12-16/h5-9,11-15,21-22H,3-4,10H2,1-2H3,(H,28,32). The van der Waals surface area contributed by atoms with E-state index in [9.17, 15) is 9.59 Å². The van der Waals surface area contributed by atoms with Crippen LogP contribution in [0.5, 0.6) is 0 Å². The molecule has 1 aliphatic heterocycles. The van der Waals surface area contributed by atoms with Gasteiger partial charge in [-0.2, -0.15) is 9.78 Å². The van der Waals surface area contributed by atoms with Gasteiger partial charge >= 0.3 is 12.0 Å². The number of carbonyl (C=O) groups is 2. The van der Waals surface area contributed by atoms with Gasteiger partial charge in [0.15, 0.2) is 5.82 Å². The lowest BCUT2D eigenvalue weighted by Crippen LogP contribution is -2.35. The van der Waals surface area contributed by atoms with Crippen LogP contribution in [0.2, 0.25) is 5.02 Å². The molecule has 7 nitrogen and oxygen atoms in total. The summed E-state index contributed by atoms with van der Waals surface area (Å²) >= 11 is 6.57. The molecule has 1 aliphatic rings. The highest BCUT2D eigenvalue weighted by Gasteiger charge is 2.42. The summed E-state index contributed by atoms with van der Waals surface area (Å²) in [6.07, 6.45) is 2.95. The van der Waals surface area contributed by atoms with Crippen LogP contribution in [0.3, 0.4) is 0 Å². The van der Waals surface area contributed by atoms with Gasteiger partial charge in [0.25, 0.3) is 0 Å². The summed E-state index contributed by atoms with van der Waals surface area (Å²) in [7, 11) is 0. The third-order valence-corrected chi connectivity index (χ3v) is 5.90. The highest BCUT2D eigenvalue weighted by Crippen LogP contribution is 2.45. The highest BCUT2D eigenvalue weighted by atomic mass is 35.5. The van der Waals surface area contributed by atoms with Crippen molar-refractivity contribution < 1.29 is 14.3 Å². The Labute approximate surface area is 197 Å². The number of para-hydroxylation sites is 1. The quantitative estimate of drug-likeness (QED) is 0.466. The predicted octanol–water partition coefficient (Wildman–Crippen LogP) is 5.81. The van der Waals surface area contributed by atoms with Crippen LogP contribution in [0.1, 0.15) is 43.7 Å². The first-order valence-electron chi connectivity index (χ1n) is 11.0. The Morgan fingerprint density at radius 3 is 2.48 bits per heavy atom. The van der Waals surface area contributed by atoms with Gasteiger partial charge in [-0.25, -0.2) is 9.79 Å². The lowest BCUT2D eigenvalue weighted by Gasteiger charge is -2.31. The number of carbonyl (C=O) groups excluding carboxylic acids is 2. The van der Waals surface area contributed by atoms with E-state index in [0.717, 1.165) is 12.0 Å². The van der Waals surface area contributed by atoms with E-state index in [4.69, 9.17) is 21.3 Å². The maximum Gasteiger partial charge on any atom is 0.348 e. The number of nitrogens with one attached hydrogen (secondary N) is 1. The number of rotatable bonds is 6. The van der Waals surface area contributed by atoms with Crippen LogP contribution in [0.15, 0.2) is 65.8 Å². The van der Waals surface area contributed by atoms with Crippen LogP contribution in [0, 0.1) is 5.92 Å². The smallest absolute Gasteiger partial charge is 0.348 e. The molecule has 2 heterocycles. The number of nitrogens with zero attached hydrogens (tertiary/aromatic N) is 3. The number of anilines is 1. The van der Waals surface area contributed by atoms with E-state index in [1.54, 1.807) is 31.3 Å². The molecule has 1 N–H and O–H groups in total. The van der Waals surface area contributed by atoms with Gasteiger partial charge in [-0.3, -0.25) is 4.79 Å². The molecule has 0 spiro atoms. The number of amides is 1. The summed E-state index contributed by atoms with van der Waals surface area (Å²) in [6, 6.07) is 16.1. The molecule has 3 aromatic rings. The maximum absolute atomic E-state index is 13.1. The molecule has 0 fully saturated rings. The summed E-state index contributed by atoms with van der Waals surface area (Å²) in [5, 5.41) is 7.70. The fourth-order valence-corrected chi connectivity index (χ4v) is 4.41. The molecular formula is C25H25ClN4O3. The minimum absolute atomic E-state index is 0.260. The van der Waals surface area contributed by atoms with Gasteiger partial charge in [0, 0.05) is 27.9 Å². The van der Waals surface area contributed by atoms with E-state index in [0.29, 0.717) is 34.2 Å². The molecule has 2 unspecified atom stereocenters. The Hall–Kier alpha value is -3.45. The fourth-order valence-electron chi connectivity index (χ4n) is 4.16. The fraction of sp³-hybridized carbons (Fsp3) is 0.280. The number of aliphatic imine (C=N–C) groups is 1. The van der Waals surface area contributed by atoms with E-state index in [1.165, 1.54) is 4.68 Å². The van der Waals surface area contributed by atoms with E-state index in [1.807, 2.05) is 43.3 Å². The third kappa shape index (κ3) is 4.54. The van der Waals surface area contributed by atoms with Crippen LogP contribution in [0.25, 0.3) is 0 Å². The van der Waals surface area contributed by atoms with Crippen molar-refractivity contribution in [1.82, 2.24) is 9.78 Å². The number of fused-ring (bicyclic) bond motifs is 1. The maximum atomic E-state index is 13.1. The number of halogens is 1. The molecule has 0 bridgehead atoms. The normalized spacial score (nSPS) is 17.1. The zero-order valence-electron chi connectivity index (χ0n) is 18.5. The van der Waals surface area contributed by atoms with Gasteiger partial charge in [0.2, 0.25) is 0 Å². The van der Waals surface area contributed by atoms with Crippen LogP contribution in [-0.4, -0.2) is 34.1 Å². The minimum atomic E-state index is -0.646. The Kier molecular flexibility index (Phi) is 6.89. The van der Waals surface area contributed by atoms with Gasteiger partial charge < -0.3 is 10.1 Å². The van der Waals surface area contributed by atoms with Crippen molar-refractivity contribution in [2.75, 3.05) is 11.9 Å². The van der Waals surface area contributed by atoms with Gasteiger partial charge in [0.05, 0.1) is 12.8 Å². The average molecular weight is 465 g/mol. The zero-order valence-corrected chi connectivity index (χ0v) is 19.2. The number of aromatic nitrogens is 2. The first kappa shape index (κ1) is 22.7. The monoisotopic (exact) mass is 464 g/mol. The largest absolute Gasteiger partial charge is 0.465 e. The van der Waals surface area contributed by atoms with Crippen LogP contribution in [0.4, 0.5) is 16.3 Å². The van der Waals surface area contributed by atoms with Crippen molar-refractivity contribution in [3.8, 4) is 0 Å². The summed E-state index contributed by atoms with van der Waals surface area (Å²) in [6.45, 7) is 4.05. The second-order valence-corrected chi connectivity index (χ2v) is 8.12. The van der Waals surface area contributed by atoms with Crippen LogP contribution >= 0.6 is 11.6 Å². The van der Waals surface area contributed by atoms with E-state index < -0.39 is 17.9 Å². The summed E-state index contributed by atoms with van der Waals surface area (Å²) in [5.74, 6) is -1.07. The van der Waals surface area contributed by atoms with E-state index >= 15 is 0 Å². The Morgan fingerprint density at radius 1 is 1.06 bits per heavy atom. The predicted molar refractivity (Wildman–Crippen MR) is 129 cm³/mol. The molecule has 0 saturated carbocycles. The Balaban J connectivity index is 1.84. The van der Waals surface area contributed by atoms with Crippen molar-refractivity contribution >= 4 is 40.8 Å². The number of ether oxygens (including phenoxy) is 1. The number of hydrogen-bond acceptors (Lipinski definition) is 5. The minimum Gasteiger partial charge on any atom is -0.465 e. The molecule has 0 aliphatic carbocycles. The SMILES string of the molecule is CCCC1=Nc2c(cnn2C(=O)Nc2ccccc2)C(c2ccccc2Cl)C1C(=O)OCC. The number of esters is 1. The first-order chi connectivity index (χ1) is 16.0. The topological polar surface area (TPSA) is 85.6 Å². The van der Waals surface area contributed by atoms with Crippen molar-refractivity contribution in [2.45, 2.75) is 32.6 Å². The van der Waals surface area contributed by atoms with Crippen LogP contribution in [-0.2, 0) is 9.53 Å². The van der Waals surface area contributed by atoms with Crippen molar-refractivity contribution in [3.05, 3.63) is 76.9 Å². The number of benzene rings is 2. The summed E-state index contributed by atoms with van der Waals surface area (Å²) < 4.78 is 6.67. The molecule has 0 radical (unpaired) electrons. The second-order valence-electron chi connectivity index (χ2n) is 7.71. The van der Waals surface area contributed by atoms with Crippen molar-refractivity contribution in [1.29, 1.82) is 0 Å². The second kappa shape index (κ2) is 10.0. The molecule has 1 amide bonds. The van der Waals surface area contributed by atoms with Gasteiger partial charge in [0.1, 0.15) is 5.92 Å². The number of hydrogen-bond donors (Lipinski definition) is 1. The molecular weight excluding hydrogens is 440 g/mol. The Bertz CT molecular complexity index is 1190. The highest BCUT2D eigenvalue weighted by molar-refractivity contribution is 6.31. The third-order valence-electron chi connectivity index (χ3n) is 5.55. The lowest BCUT2D eigenvalue weighted by atomic mass is 9.76. The molecule has 33 heavy (non-hydrogen) atoms. The van der Waals surface area contributed by atoms with Gasteiger partial charge in [-0.05, 0) is 37.1 Å². The van der Waals surface area contributed by atoms with Gasteiger partial charge in [-0.1, -0.05) is 61.3 Å². The molecule has 4 rings (SSSR count). The zero-order chi connectivity index (χ0) is 23.4. The van der Waals surface area contributed by atoms with E-state index in [2.05, 4.69) is 10.4 Å².